The number of aromatic carboxylic acids is 1. The van der Waals surface area contributed by atoms with Gasteiger partial charge < -0.3 is 14.8 Å². The monoisotopic (exact) mass is 333 g/mol. The fraction of sp³-hybridized carbons (Fsp3) is 0.333. The summed E-state index contributed by atoms with van der Waals surface area (Å²) >= 11 is 0. The van der Waals surface area contributed by atoms with Gasteiger partial charge in [0, 0.05) is 24.4 Å². The Morgan fingerprint density at radius 3 is 2.38 bits per heavy atom. The van der Waals surface area contributed by atoms with Gasteiger partial charge in [-0.2, -0.15) is 0 Å². The van der Waals surface area contributed by atoms with E-state index in [9.17, 15) is 14.0 Å². The lowest BCUT2D eigenvalue weighted by molar-refractivity contribution is 0.0694. The Hall–Kier alpha value is -2.63. The minimum atomic E-state index is -1.12. The van der Waals surface area contributed by atoms with E-state index in [4.69, 9.17) is 9.52 Å². The summed E-state index contributed by atoms with van der Waals surface area (Å²) in [5.74, 6) is -1.68. The lowest BCUT2D eigenvalue weighted by Crippen LogP contribution is -2.36. The Kier molecular flexibility index (Phi) is 5.07. The van der Waals surface area contributed by atoms with E-state index < -0.39 is 17.3 Å². The molecule has 0 unspecified atom stereocenters. The number of hydrogen-bond acceptors (Lipinski definition) is 3. The van der Waals surface area contributed by atoms with Crippen LogP contribution in [0.4, 0.5) is 4.39 Å². The maximum absolute atomic E-state index is 13.0. The van der Waals surface area contributed by atoms with Crippen molar-refractivity contribution < 1.29 is 23.5 Å². The molecule has 0 saturated heterocycles. The standard InChI is InChI=1S/C18H20FNO4/c1-4-14-13(17(22)23)9-15(24-14)16(21)20-10-18(2,3)11-5-7-12(19)8-6-11/h5-9H,4,10H2,1-3H3,(H,20,21)(H,22,23). The molecule has 0 aliphatic rings. The highest BCUT2D eigenvalue weighted by atomic mass is 19.1. The van der Waals surface area contributed by atoms with Gasteiger partial charge in [0.05, 0.1) is 0 Å². The minimum Gasteiger partial charge on any atom is -0.478 e. The number of carboxylic acids is 1. The second-order valence-corrected chi connectivity index (χ2v) is 6.18. The highest BCUT2D eigenvalue weighted by Crippen LogP contribution is 2.23. The number of carboxylic acid groups (broad SMARTS) is 1. The molecule has 24 heavy (non-hydrogen) atoms. The molecule has 1 heterocycles. The Balaban J connectivity index is 2.09. The van der Waals surface area contributed by atoms with Crippen LogP contribution in [0.2, 0.25) is 0 Å². The van der Waals surface area contributed by atoms with E-state index in [1.807, 2.05) is 13.8 Å². The Morgan fingerprint density at radius 2 is 1.88 bits per heavy atom. The predicted octanol–water partition coefficient (Wildman–Crippen LogP) is 3.39. The predicted molar refractivity (Wildman–Crippen MR) is 86.8 cm³/mol. The van der Waals surface area contributed by atoms with Crippen molar-refractivity contribution in [3.63, 3.8) is 0 Å². The van der Waals surface area contributed by atoms with Crippen LogP contribution in [0.25, 0.3) is 0 Å². The van der Waals surface area contributed by atoms with Crippen molar-refractivity contribution in [2.45, 2.75) is 32.6 Å². The number of nitrogens with one attached hydrogen (secondary N) is 1. The molecule has 6 heteroatoms. The fourth-order valence-corrected chi connectivity index (χ4v) is 2.38. The van der Waals surface area contributed by atoms with Gasteiger partial charge in [-0.25, -0.2) is 9.18 Å². The average Bonchev–Trinajstić information content (AvgIpc) is 2.98. The van der Waals surface area contributed by atoms with Gasteiger partial charge in [-0.1, -0.05) is 32.9 Å². The van der Waals surface area contributed by atoms with Gasteiger partial charge in [-0.3, -0.25) is 4.79 Å². The number of hydrogen-bond donors (Lipinski definition) is 2. The van der Waals surface area contributed by atoms with Gasteiger partial charge in [-0.15, -0.1) is 0 Å². The van der Waals surface area contributed by atoms with Crippen molar-refractivity contribution in [3.05, 3.63) is 58.8 Å². The molecule has 0 spiro atoms. The van der Waals surface area contributed by atoms with Crippen LogP contribution in [0, 0.1) is 5.82 Å². The molecule has 0 radical (unpaired) electrons. The van der Waals surface area contributed by atoms with Gasteiger partial charge in [0.1, 0.15) is 17.1 Å². The number of halogens is 1. The number of aryl methyl sites for hydroxylation is 1. The molecule has 0 atom stereocenters. The summed E-state index contributed by atoms with van der Waals surface area (Å²) in [6.45, 7) is 5.89. The molecule has 1 amide bonds. The molecule has 2 aromatic rings. The number of amides is 1. The zero-order valence-electron chi connectivity index (χ0n) is 13.9. The van der Waals surface area contributed by atoms with Crippen LogP contribution in [0.3, 0.4) is 0 Å². The summed E-state index contributed by atoms with van der Waals surface area (Å²) in [6.07, 6.45) is 0.385. The first kappa shape index (κ1) is 17.7. The summed E-state index contributed by atoms with van der Waals surface area (Å²) in [6, 6.07) is 7.33. The van der Waals surface area contributed by atoms with E-state index >= 15 is 0 Å². The largest absolute Gasteiger partial charge is 0.478 e. The molecule has 0 aliphatic carbocycles. The quantitative estimate of drug-likeness (QED) is 0.849. The van der Waals surface area contributed by atoms with Crippen molar-refractivity contribution in [2.75, 3.05) is 6.54 Å². The Morgan fingerprint density at radius 1 is 1.25 bits per heavy atom. The fourth-order valence-electron chi connectivity index (χ4n) is 2.38. The summed E-state index contributed by atoms with van der Waals surface area (Å²) in [4.78, 5) is 23.3. The first-order valence-corrected chi connectivity index (χ1v) is 7.65. The van der Waals surface area contributed by atoms with Crippen molar-refractivity contribution in [1.82, 2.24) is 5.32 Å². The molecule has 1 aromatic carbocycles. The molecule has 2 rings (SSSR count). The van der Waals surface area contributed by atoms with E-state index in [1.165, 1.54) is 18.2 Å². The van der Waals surface area contributed by atoms with E-state index in [0.29, 0.717) is 13.0 Å². The Labute approximate surface area is 139 Å². The number of rotatable bonds is 6. The third kappa shape index (κ3) is 3.82. The molecule has 0 aliphatic heterocycles. The van der Waals surface area contributed by atoms with Crippen molar-refractivity contribution in [2.24, 2.45) is 0 Å². The van der Waals surface area contributed by atoms with Gasteiger partial charge in [0.2, 0.25) is 0 Å². The van der Waals surface area contributed by atoms with Crippen LogP contribution in [-0.4, -0.2) is 23.5 Å². The van der Waals surface area contributed by atoms with E-state index in [-0.39, 0.29) is 22.9 Å². The average molecular weight is 333 g/mol. The van der Waals surface area contributed by atoms with Crippen LogP contribution < -0.4 is 5.32 Å². The highest BCUT2D eigenvalue weighted by molar-refractivity contribution is 5.96. The molecule has 128 valence electrons. The zero-order chi connectivity index (χ0) is 17.9. The maximum atomic E-state index is 13.0. The molecule has 0 bridgehead atoms. The SMILES string of the molecule is CCc1oc(C(=O)NCC(C)(C)c2ccc(F)cc2)cc1C(=O)O. The zero-order valence-corrected chi connectivity index (χ0v) is 13.9. The third-order valence-corrected chi connectivity index (χ3v) is 3.90. The second-order valence-electron chi connectivity index (χ2n) is 6.18. The number of carbonyl (C=O) groups excluding carboxylic acids is 1. The topological polar surface area (TPSA) is 79.5 Å². The second kappa shape index (κ2) is 6.86. The van der Waals surface area contributed by atoms with E-state index in [2.05, 4.69) is 5.32 Å². The van der Waals surface area contributed by atoms with Crippen molar-refractivity contribution >= 4 is 11.9 Å². The highest BCUT2D eigenvalue weighted by Gasteiger charge is 2.24. The normalized spacial score (nSPS) is 11.3. The summed E-state index contributed by atoms with van der Waals surface area (Å²) < 4.78 is 18.4. The molecular formula is C18H20FNO4. The minimum absolute atomic E-state index is 0.000412. The third-order valence-electron chi connectivity index (χ3n) is 3.90. The molecule has 0 saturated carbocycles. The van der Waals surface area contributed by atoms with Crippen molar-refractivity contribution in [3.8, 4) is 0 Å². The van der Waals surface area contributed by atoms with Gasteiger partial charge in [0.15, 0.2) is 5.76 Å². The summed E-state index contributed by atoms with van der Waals surface area (Å²) in [5.41, 5.74) is 0.462. The van der Waals surface area contributed by atoms with E-state index in [1.54, 1.807) is 19.1 Å². The van der Waals surface area contributed by atoms with Crippen LogP contribution in [0.1, 0.15) is 53.0 Å². The lowest BCUT2D eigenvalue weighted by atomic mass is 9.84. The summed E-state index contributed by atoms with van der Waals surface area (Å²) in [7, 11) is 0. The number of carbonyl (C=O) groups is 2. The van der Waals surface area contributed by atoms with Gasteiger partial charge in [0.25, 0.3) is 5.91 Å². The summed E-state index contributed by atoms with van der Waals surface area (Å²) in [5, 5.41) is 11.8. The number of furan rings is 1. The molecule has 5 nitrogen and oxygen atoms in total. The molecule has 2 N–H and O–H groups in total. The Bertz CT molecular complexity index is 747. The van der Waals surface area contributed by atoms with Gasteiger partial charge in [-0.05, 0) is 17.7 Å². The maximum Gasteiger partial charge on any atom is 0.339 e. The molecule has 1 aromatic heterocycles. The van der Waals surface area contributed by atoms with Gasteiger partial charge >= 0.3 is 5.97 Å². The lowest BCUT2D eigenvalue weighted by Gasteiger charge is -2.25. The van der Waals surface area contributed by atoms with E-state index in [0.717, 1.165) is 5.56 Å². The van der Waals surface area contributed by atoms with Crippen LogP contribution in [0.15, 0.2) is 34.7 Å². The smallest absolute Gasteiger partial charge is 0.339 e. The number of benzene rings is 1. The first-order chi connectivity index (χ1) is 11.2. The van der Waals surface area contributed by atoms with Crippen LogP contribution in [-0.2, 0) is 11.8 Å². The molecular weight excluding hydrogens is 313 g/mol. The van der Waals surface area contributed by atoms with Crippen molar-refractivity contribution in [1.29, 1.82) is 0 Å². The van der Waals surface area contributed by atoms with Crippen LogP contribution >= 0.6 is 0 Å². The molecule has 0 fully saturated rings. The first-order valence-electron chi connectivity index (χ1n) is 7.65. The van der Waals surface area contributed by atoms with Crippen LogP contribution in [0.5, 0.6) is 0 Å².